The third-order valence-electron chi connectivity index (χ3n) is 15.2. The van der Waals surface area contributed by atoms with Crippen molar-refractivity contribution in [3.8, 4) is 0 Å². The van der Waals surface area contributed by atoms with Crippen LogP contribution < -0.4 is 5.32 Å². The second-order valence-corrected chi connectivity index (χ2v) is 18.1. The van der Waals surface area contributed by atoms with Crippen LogP contribution in [0.1, 0.15) is 130 Å². The fourth-order valence-electron chi connectivity index (χ4n) is 12.6. The molecule has 43 heavy (non-hydrogen) atoms. The van der Waals surface area contributed by atoms with Gasteiger partial charge >= 0.3 is 0 Å². The van der Waals surface area contributed by atoms with Gasteiger partial charge in [-0.05, 0) is 123 Å². The van der Waals surface area contributed by atoms with Crippen molar-refractivity contribution in [1.29, 1.82) is 0 Å². The monoisotopic (exact) mass is 589 g/mol. The molecular formula is C38H59N3O2. The first kappa shape index (κ1) is 30.1. The molecular weight excluding hydrogens is 530 g/mol. The number of hydrogen-bond acceptors (Lipinski definition) is 4. The molecule has 0 radical (unpaired) electrons. The Labute approximate surface area is 261 Å². The second-order valence-electron chi connectivity index (χ2n) is 18.1. The first-order chi connectivity index (χ1) is 20.3. The summed E-state index contributed by atoms with van der Waals surface area (Å²) >= 11 is 0. The van der Waals surface area contributed by atoms with Crippen molar-refractivity contribution in [2.24, 2.45) is 44.8 Å². The lowest BCUT2D eigenvalue weighted by molar-refractivity contribution is -0.168. The lowest BCUT2D eigenvalue weighted by atomic mass is 9.33. The van der Waals surface area contributed by atoms with E-state index in [0.29, 0.717) is 23.7 Å². The van der Waals surface area contributed by atoms with Crippen LogP contribution in [0.15, 0.2) is 22.4 Å². The van der Waals surface area contributed by atoms with Crippen LogP contribution in [-0.4, -0.2) is 42.1 Å². The number of allylic oxidation sites excluding steroid dienone is 2. The van der Waals surface area contributed by atoms with Crippen LogP contribution in [0.5, 0.6) is 0 Å². The summed E-state index contributed by atoms with van der Waals surface area (Å²) in [6, 6.07) is 0. The zero-order valence-corrected chi connectivity index (χ0v) is 28.4. The van der Waals surface area contributed by atoms with Crippen LogP contribution in [0.3, 0.4) is 0 Å². The molecule has 5 heteroatoms. The standard InChI is InChI=1S/C38H59N3O2/c1-33(2)15-17-38(32(42)39-19-22-41-20-9-8-10-21-41)18-16-36(6)27(28(38)24-33)11-12-30-35(5)23-26-25-40-43-31(26)34(3,4)29(35)13-14-37(30,36)7/h11,25,28-30H,8-10,12-24H2,1-7H3,(H,39,42)/t28-,29?,30+,35-,36+,37+,38-/m0/s1. The first-order valence-corrected chi connectivity index (χ1v) is 17.9. The molecule has 6 aliphatic rings. The first-order valence-electron chi connectivity index (χ1n) is 17.9. The highest BCUT2D eigenvalue weighted by Crippen LogP contribution is 2.75. The van der Waals surface area contributed by atoms with Gasteiger partial charge in [-0.2, -0.15) is 0 Å². The van der Waals surface area contributed by atoms with Gasteiger partial charge in [-0.3, -0.25) is 4.79 Å². The smallest absolute Gasteiger partial charge is 0.226 e. The SMILES string of the molecule is CC1(C)CC[C@]2(C(=O)NCCN3CCCCC3)CC[C@]3(C)C(=CC[C@@H]4[C@@]5(C)Cc6cnoc6C(C)(C)C5CC[C@]43C)[C@@H]2C1. The minimum Gasteiger partial charge on any atom is -0.361 e. The fourth-order valence-corrected chi connectivity index (χ4v) is 12.6. The molecule has 5 aliphatic carbocycles. The molecule has 0 spiro atoms. The molecule has 0 bridgehead atoms. The summed E-state index contributed by atoms with van der Waals surface area (Å²) in [7, 11) is 0. The minimum atomic E-state index is -0.239. The number of aromatic nitrogens is 1. The number of amides is 1. The summed E-state index contributed by atoms with van der Waals surface area (Å²) in [5.74, 6) is 3.08. The lowest BCUT2D eigenvalue weighted by Crippen LogP contribution is -2.65. The number of hydrogen-bond donors (Lipinski definition) is 1. The van der Waals surface area contributed by atoms with Gasteiger partial charge in [0.15, 0.2) is 0 Å². The minimum absolute atomic E-state index is 0.00641. The maximum absolute atomic E-state index is 14.4. The average Bonchev–Trinajstić information content (AvgIpc) is 3.42. The van der Waals surface area contributed by atoms with E-state index < -0.39 is 0 Å². The van der Waals surface area contributed by atoms with Crippen molar-refractivity contribution in [1.82, 2.24) is 15.4 Å². The van der Waals surface area contributed by atoms with Gasteiger partial charge in [0.05, 0.1) is 11.6 Å². The van der Waals surface area contributed by atoms with Gasteiger partial charge in [0.25, 0.3) is 0 Å². The van der Waals surface area contributed by atoms with Gasteiger partial charge < -0.3 is 14.7 Å². The number of rotatable bonds is 4. The van der Waals surface area contributed by atoms with E-state index in [1.807, 2.05) is 6.20 Å². The molecule has 5 nitrogen and oxygen atoms in total. The number of nitrogens with one attached hydrogen (secondary N) is 1. The summed E-state index contributed by atoms with van der Waals surface area (Å²) in [4.78, 5) is 16.9. The maximum Gasteiger partial charge on any atom is 0.226 e. The van der Waals surface area contributed by atoms with Gasteiger partial charge in [0, 0.05) is 24.1 Å². The summed E-state index contributed by atoms with van der Waals surface area (Å²) in [5, 5.41) is 7.82. The summed E-state index contributed by atoms with van der Waals surface area (Å²) in [6.45, 7) is 21.8. The van der Waals surface area contributed by atoms with Gasteiger partial charge in [0.1, 0.15) is 5.76 Å². The summed E-state index contributed by atoms with van der Waals surface area (Å²) in [6.07, 6.45) is 19.0. The molecule has 7 rings (SSSR count). The molecule has 1 N–H and O–H groups in total. The quantitative estimate of drug-likeness (QED) is 0.361. The molecule has 1 unspecified atom stereocenters. The Morgan fingerprint density at radius 1 is 0.977 bits per heavy atom. The van der Waals surface area contributed by atoms with Crippen molar-refractivity contribution < 1.29 is 9.32 Å². The Hall–Kier alpha value is -1.62. The van der Waals surface area contributed by atoms with Crippen LogP contribution in [0.4, 0.5) is 0 Å². The Balaban J connectivity index is 1.21. The molecule has 3 saturated carbocycles. The fraction of sp³-hybridized carbons (Fsp3) is 0.842. The third-order valence-corrected chi connectivity index (χ3v) is 15.2. The van der Waals surface area contributed by atoms with Crippen LogP contribution in [0, 0.1) is 44.8 Å². The van der Waals surface area contributed by atoms with E-state index in [9.17, 15) is 4.79 Å². The van der Waals surface area contributed by atoms with E-state index in [0.717, 1.165) is 63.8 Å². The number of carbonyl (C=O) groups excluding carboxylic acids is 1. The largest absolute Gasteiger partial charge is 0.361 e. The van der Waals surface area contributed by atoms with Gasteiger partial charge in [-0.15, -0.1) is 0 Å². The van der Waals surface area contributed by atoms with Crippen molar-refractivity contribution in [3.05, 3.63) is 29.2 Å². The van der Waals surface area contributed by atoms with Gasteiger partial charge in [0.2, 0.25) is 5.91 Å². The molecule has 4 fully saturated rings. The van der Waals surface area contributed by atoms with Gasteiger partial charge in [-0.25, -0.2) is 0 Å². The number of carbonyl (C=O) groups is 1. The van der Waals surface area contributed by atoms with Crippen molar-refractivity contribution in [3.63, 3.8) is 0 Å². The van der Waals surface area contributed by atoms with Gasteiger partial charge in [-0.1, -0.05) is 71.7 Å². The molecule has 2 heterocycles. The molecule has 1 amide bonds. The van der Waals surface area contributed by atoms with Crippen LogP contribution in [0.25, 0.3) is 0 Å². The Morgan fingerprint density at radius 3 is 2.49 bits per heavy atom. The molecule has 1 aromatic heterocycles. The number of piperidine rings is 1. The molecule has 1 aliphatic heterocycles. The number of nitrogens with zero attached hydrogens (tertiary/aromatic N) is 2. The molecule has 1 saturated heterocycles. The van der Waals surface area contributed by atoms with Crippen molar-refractivity contribution in [2.75, 3.05) is 26.2 Å². The van der Waals surface area contributed by atoms with Crippen LogP contribution in [-0.2, 0) is 16.6 Å². The van der Waals surface area contributed by atoms with Crippen LogP contribution >= 0.6 is 0 Å². The van der Waals surface area contributed by atoms with Crippen molar-refractivity contribution in [2.45, 2.75) is 131 Å². The maximum atomic E-state index is 14.4. The lowest BCUT2D eigenvalue weighted by Gasteiger charge is -2.70. The normalized spacial score (nSPS) is 43.2. The number of likely N-dealkylation sites (tertiary alicyclic amines) is 1. The van der Waals surface area contributed by atoms with E-state index >= 15 is 0 Å². The van der Waals surface area contributed by atoms with E-state index in [2.05, 4.69) is 69.9 Å². The van der Waals surface area contributed by atoms with E-state index in [1.165, 1.54) is 50.8 Å². The van der Waals surface area contributed by atoms with Crippen LogP contribution in [0.2, 0.25) is 0 Å². The highest BCUT2D eigenvalue weighted by Gasteiger charge is 2.69. The Kier molecular flexibility index (Phi) is 6.95. The summed E-state index contributed by atoms with van der Waals surface area (Å²) < 4.78 is 5.90. The predicted octanol–water partition coefficient (Wildman–Crippen LogP) is 8.09. The second kappa shape index (κ2) is 9.94. The Bertz CT molecular complexity index is 1290. The zero-order valence-electron chi connectivity index (χ0n) is 28.4. The third kappa shape index (κ3) is 4.24. The summed E-state index contributed by atoms with van der Waals surface area (Å²) in [5.41, 5.74) is 3.63. The van der Waals surface area contributed by atoms with E-state index in [-0.39, 0.29) is 32.5 Å². The predicted molar refractivity (Wildman–Crippen MR) is 173 cm³/mol. The van der Waals surface area contributed by atoms with E-state index in [4.69, 9.17) is 4.52 Å². The highest BCUT2D eigenvalue weighted by atomic mass is 16.5. The molecule has 7 atom stereocenters. The molecule has 0 aromatic carbocycles. The highest BCUT2D eigenvalue weighted by molar-refractivity contribution is 5.84. The topological polar surface area (TPSA) is 58.4 Å². The average molecular weight is 590 g/mol. The number of fused-ring (bicyclic) bond motifs is 8. The Morgan fingerprint density at radius 2 is 1.72 bits per heavy atom. The molecule has 238 valence electrons. The van der Waals surface area contributed by atoms with E-state index in [1.54, 1.807) is 5.57 Å². The van der Waals surface area contributed by atoms with Crippen molar-refractivity contribution >= 4 is 5.91 Å². The molecule has 1 aromatic rings. The zero-order chi connectivity index (χ0) is 30.5.